The smallest absolute Gasteiger partial charge is 0.265 e. The summed E-state index contributed by atoms with van der Waals surface area (Å²) in [6, 6.07) is 16.1. The van der Waals surface area contributed by atoms with Crippen molar-refractivity contribution in [2.24, 2.45) is 0 Å². The number of carbonyl (C=O) groups is 1. The van der Waals surface area contributed by atoms with Gasteiger partial charge < -0.3 is 5.32 Å². The standard InChI is InChI=1S/C23H17ClFN3O2/c1-13-11-16(28-14(2)26-21-6-4-3-5-17(21)23(28)30)8-10-20(13)27-22(29)18-12-15(24)7-9-19(18)25/h3-12H,1-2H3,(H,27,29). The molecule has 0 spiro atoms. The van der Waals surface area contributed by atoms with Crippen molar-refractivity contribution >= 4 is 34.1 Å². The van der Waals surface area contributed by atoms with Gasteiger partial charge in [0, 0.05) is 10.7 Å². The second-order valence-electron chi connectivity index (χ2n) is 6.89. The van der Waals surface area contributed by atoms with Crippen LogP contribution in [0.2, 0.25) is 5.02 Å². The highest BCUT2D eigenvalue weighted by Crippen LogP contribution is 2.22. The van der Waals surface area contributed by atoms with Crippen molar-refractivity contribution in [1.29, 1.82) is 0 Å². The van der Waals surface area contributed by atoms with E-state index in [1.807, 2.05) is 6.07 Å². The summed E-state index contributed by atoms with van der Waals surface area (Å²) < 4.78 is 15.5. The fourth-order valence-electron chi connectivity index (χ4n) is 3.34. The Labute approximate surface area is 176 Å². The number of amides is 1. The van der Waals surface area contributed by atoms with Gasteiger partial charge in [-0.25, -0.2) is 9.37 Å². The number of nitrogens with one attached hydrogen (secondary N) is 1. The Bertz CT molecular complexity index is 1360. The molecule has 0 aliphatic rings. The number of aryl methyl sites for hydroxylation is 2. The molecule has 1 aromatic heterocycles. The van der Waals surface area contributed by atoms with E-state index in [9.17, 15) is 14.0 Å². The third kappa shape index (κ3) is 3.57. The summed E-state index contributed by atoms with van der Waals surface area (Å²) in [5.41, 5.74) is 2.16. The number of para-hydroxylation sites is 1. The van der Waals surface area contributed by atoms with Crippen molar-refractivity contribution < 1.29 is 9.18 Å². The van der Waals surface area contributed by atoms with Gasteiger partial charge in [0.05, 0.1) is 22.2 Å². The van der Waals surface area contributed by atoms with Crippen LogP contribution in [0.4, 0.5) is 10.1 Å². The Hall–Kier alpha value is -3.51. The van der Waals surface area contributed by atoms with Crippen molar-refractivity contribution in [1.82, 2.24) is 9.55 Å². The molecule has 0 atom stereocenters. The summed E-state index contributed by atoms with van der Waals surface area (Å²) in [6.45, 7) is 3.56. The minimum Gasteiger partial charge on any atom is -0.322 e. The van der Waals surface area contributed by atoms with Gasteiger partial charge >= 0.3 is 0 Å². The average Bonchev–Trinajstić information content (AvgIpc) is 2.71. The summed E-state index contributed by atoms with van der Waals surface area (Å²) in [4.78, 5) is 30.0. The zero-order chi connectivity index (χ0) is 21.4. The van der Waals surface area contributed by atoms with Crippen LogP contribution in [-0.2, 0) is 0 Å². The molecular formula is C23H17ClFN3O2. The van der Waals surface area contributed by atoms with E-state index < -0.39 is 11.7 Å². The second-order valence-corrected chi connectivity index (χ2v) is 7.33. The van der Waals surface area contributed by atoms with Crippen LogP contribution in [0.1, 0.15) is 21.7 Å². The number of fused-ring (bicyclic) bond motifs is 1. The predicted octanol–water partition coefficient (Wildman–Crippen LogP) is 5.05. The van der Waals surface area contributed by atoms with Gasteiger partial charge in [-0.1, -0.05) is 23.7 Å². The van der Waals surface area contributed by atoms with E-state index in [2.05, 4.69) is 10.3 Å². The molecule has 0 aliphatic carbocycles. The van der Waals surface area contributed by atoms with Gasteiger partial charge in [-0.15, -0.1) is 0 Å². The Morgan fingerprint density at radius 3 is 2.60 bits per heavy atom. The number of aromatic nitrogens is 2. The normalized spacial score (nSPS) is 10.9. The van der Waals surface area contributed by atoms with Crippen LogP contribution in [0, 0.1) is 19.7 Å². The minimum atomic E-state index is -0.657. The first-order chi connectivity index (χ1) is 14.3. The number of benzene rings is 3. The Morgan fingerprint density at radius 1 is 1.07 bits per heavy atom. The number of rotatable bonds is 3. The molecule has 7 heteroatoms. The number of carbonyl (C=O) groups excluding carboxylic acids is 1. The molecule has 5 nitrogen and oxygen atoms in total. The van der Waals surface area contributed by atoms with Gasteiger partial charge in [0.2, 0.25) is 0 Å². The molecule has 0 bridgehead atoms. The first-order valence-corrected chi connectivity index (χ1v) is 9.59. The molecule has 0 fully saturated rings. The highest BCUT2D eigenvalue weighted by molar-refractivity contribution is 6.31. The Balaban J connectivity index is 1.71. The first-order valence-electron chi connectivity index (χ1n) is 9.21. The van der Waals surface area contributed by atoms with Gasteiger partial charge in [0.25, 0.3) is 11.5 Å². The third-order valence-electron chi connectivity index (χ3n) is 4.83. The maximum atomic E-state index is 14.0. The van der Waals surface area contributed by atoms with Crippen molar-refractivity contribution in [3.05, 3.63) is 98.8 Å². The highest BCUT2D eigenvalue weighted by Gasteiger charge is 2.15. The molecule has 1 N–H and O–H groups in total. The average molecular weight is 422 g/mol. The quantitative estimate of drug-likeness (QED) is 0.503. The van der Waals surface area contributed by atoms with Crippen LogP contribution in [0.25, 0.3) is 16.6 Å². The van der Waals surface area contributed by atoms with E-state index in [-0.39, 0.29) is 16.1 Å². The van der Waals surface area contributed by atoms with Crippen LogP contribution >= 0.6 is 11.6 Å². The number of hydrogen-bond donors (Lipinski definition) is 1. The zero-order valence-electron chi connectivity index (χ0n) is 16.2. The zero-order valence-corrected chi connectivity index (χ0v) is 17.0. The van der Waals surface area contributed by atoms with Crippen LogP contribution in [0.15, 0.2) is 65.5 Å². The van der Waals surface area contributed by atoms with Crippen molar-refractivity contribution in [3.8, 4) is 5.69 Å². The Morgan fingerprint density at radius 2 is 1.83 bits per heavy atom. The molecule has 4 aromatic rings. The number of halogens is 2. The summed E-state index contributed by atoms with van der Waals surface area (Å²) in [6.07, 6.45) is 0. The second kappa shape index (κ2) is 7.72. The summed E-state index contributed by atoms with van der Waals surface area (Å²) in [5, 5.41) is 3.48. The molecule has 3 aromatic carbocycles. The summed E-state index contributed by atoms with van der Waals surface area (Å²) in [5.74, 6) is -0.710. The van der Waals surface area contributed by atoms with Gasteiger partial charge in [-0.3, -0.25) is 14.2 Å². The lowest BCUT2D eigenvalue weighted by molar-refractivity contribution is 0.102. The van der Waals surface area contributed by atoms with E-state index in [1.54, 1.807) is 50.2 Å². The molecular weight excluding hydrogens is 405 g/mol. The van der Waals surface area contributed by atoms with Gasteiger partial charge in [0.15, 0.2) is 0 Å². The molecule has 0 saturated carbocycles. The van der Waals surface area contributed by atoms with Crippen LogP contribution in [0.5, 0.6) is 0 Å². The van der Waals surface area contributed by atoms with E-state index >= 15 is 0 Å². The monoisotopic (exact) mass is 421 g/mol. The molecule has 150 valence electrons. The van der Waals surface area contributed by atoms with Crippen molar-refractivity contribution in [3.63, 3.8) is 0 Å². The molecule has 1 heterocycles. The minimum absolute atomic E-state index is 0.142. The maximum Gasteiger partial charge on any atom is 0.265 e. The van der Waals surface area contributed by atoms with Crippen molar-refractivity contribution in [2.75, 3.05) is 5.32 Å². The fourth-order valence-corrected chi connectivity index (χ4v) is 3.51. The molecule has 0 unspecified atom stereocenters. The topological polar surface area (TPSA) is 64.0 Å². The third-order valence-corrected chi connectivity index (χ3v) is 5.07. The van der Waals surface area contributed by atoms with Crippen LogP contribution in [0.3, 0.4) is 0 Å². The maximum absolute atomic E-state index is 14.0. The first kappa shape index (κ1) is 19.8. The van der Waals surface area contributed by atoms with Gasteiger partial charge in [-0.05, 0) is 67.9 Å². The molecule has 4 rings (SSSR count). The summed E-state index contributed by atoms with van der Waals surface area (Å²) >= 11 is 5.87. The SMILES string of the molecule is Cc1cc(-n2c(C)nc3ccccc3c2=O)ccc1NC(=O)c1cc(Cl)ccc1F. The fraction of sp³-hybridized carbons (Fsp3) is 0.0870. The summed E-state index contributed by atoms with van der Waals surface area (Å²) in [7, 11) is 0. The molecule has 1 amide bonds. The van der Waals surface area contributed by atoms with Crippen LogP contribution < -0.4 is 10.9 Å². The van der Waals surface area contributed by atoms with Gasteiger partial charge in [-0.2, -0.15) is 0 Å². The largest absolute Gasteiger partial charge is 0.322 e. The number of hydrogen-bond acceptors (Lipinski definition) is 3. The van der Waals surface area contributed by atoms with Crippen LogP contribution in [-0.4, -0.2) is 15.5 Å². The highest BCUT2D eigenvalue weighted by atomic mass is 35.5. The lowest BCUT2D eigenvalue weighted by Crippen LogP contribution is -2.22. The van der Waals surface area contributed by atoms with E-state index in [1.165, 1.54) is 16.7 Å². The lowest BCUT2D eigenvalue weighted by Gasteiger charge is -2.14. The molecule has 0 aliphatic heterocycles. The lowest BCUT2D eigenvalue weighted by atomic mass is 10.1. The van der Waals surface area contributed by atoms with E-state index in [4.69, 9.17) is 11.6 Å². The van der Waals surface area contributed by atoms with E-state index in [0.717, 1.165) is 6.07 Å². The molecule has 0 radical (unpaired) electrons. The van der Waals surface area contributed by atoms with Crippen molar-refractivity contribution in [2.45, 2.75) is 13.8 Å². The number of anilines is 1. The Kier molecular flexibility index (Phi) is 5.10. The molecule has 0 saturated heterocycles. The predicted molar refractivity (Wildman–Crippen MR) is 116 cm³/mol. The number of nitrogens with zero attached hydrogens (tertiary/aromatic N) is 2. The van der Waals surface area contributed by atoms with E-state index in [0.29, 0.717) is 33.7 Å². The molecule has 30 heavy (non-hydrogen) atoms. The van der Waals surface area contributed by atoms with Gasteiger partial charge in [0.1, 0.15) is 11.6 Å².